The van der Waals surface area contributed by atoms with E-state index in [0.29, 0.717) is 6.04 Å². The zero-order valence-corrected chi connectivity index (χ0v) is 12.3. The Balaban J connectivity index is 1.96. The Hall–Kier alpha value is -1.63. The van der Waals surface area contributed by atoms with Gasteiger partial charge in [-0.25, -0.2) is 0 Å². The molecule has 1 aliphatic carbocycles. The van der Waals surface area contributed by atoms with Gasteiger partial charge in [-0.3, -0.25) is 0 Å². The van der Waals surface area contributed by atoms with E-state index in [1.165, 1.54) is 38.5 Å². The minimum absolute atomic E-state index is 0.469. The molecule has 0 unspecified atom stereocenters. The van der Waals surface area contributed by atoms with Gasteiger partial charge in [0.05, 0.1) is 5.69 Å². The van der Waals surface area contributed by atoms with Crippen LogP contribution < -0.4 is 10.6 Å². The molecule has 1 aromatic heterocycles. The smallest absolute Gasteiger partial charge is 0.133 e. The Morgan fingerprint density at radius 1 is 1.20 bits per heavy atom. The molecule has 0 spiro atoms. The summed E-state index contributed by atoms with van der Waals surface area (Å²) in [5.74, 6) is 1.91. The van der Waals surface area contributed by atoms with E-state index in [4.69, 9.17) is 5.73 Å². The van der Waals surface area contributed by atoms with Crippen LogP contribution in [0.25, 0.3) is 0 Å². The molecule has 2 aliphatic rings. The number of nitrogen functional groups attached to an aromatic ring is 1. The quantitative estimate of drug-likeness (QED) is 0.898. The second-order valence-corrected chi connectivity index (χ2v) is 6.40. The van der Waals surface area contributed by atoms with E-state index in [0.717, 1.165) is 36.2 Å². The number of aromatic nitrogens is 1. The number of nitriles is 1. The Morgan fingerprint density at radius 3 is 2.45 bits per heavy atom. The molecule has 2 fully saturated rings. The van der Waals surface area contributed by atoms with E-state index in [-0.39, 0.29) is 0 Å². The molecule has 2 N–H and O–H groups in total. The summed E-state index contributed by atoms with van der Waals surface area (Å²) in [5.41, 5.74) is 7.76. The molecule has 1 aromatic rings. The van der Waals surface area contributed by atoms with Crippen LogP contribution in [0.1, 0.15) is 57.2 Å². The van der Waals surface area contributed by atoms with E-state index in [1.807, 2.05) is 6.07 Å². The Morgan fingerprint density at radius 2 is 1.85 bits per heavy atom. The van der Waals surface area contributed by atoms with Gasteiger partial charge in [-0.15, -0.1) is 0 Å². The number of anilines is 2. The van der Waals surface area contributed by atoms with Gasteiger partial charge >= 0.3 is 0 Å². The van der Waals surface area contributed by atoms with Gasteiger partial charge in [0.25, 0.3) is 0 Å². The topological polar surface area (TPSA) is 58.0 Å². The summed E-state index contributed by atoms with van der Waals surface area (Å²) in [7, 11) is 0. The SMILES string of the molecule is CC1CCN(c2c(N)cc(C#N)n2C2CCCC2)CC1. The lowest BCUT2D eigenvalue weighted by atomic mass is 9.99. The molecule has 1 saturated carbocycles. The lowest BCUT2D eigenvalue weighted by Gasteiger charge is -2.34. The van der Waals surface area contributed by atoms with E-state index in [1.54, 1.807) is 0 Å². The average Bonchev–Trinajstić information content (AvgIpc) is 3.06. The van der Waals surface area contributed by atoms with Gasteiger partial charge in [0.2, 0.25) is 0 Å². The Labute approximate surface area is 121 Å². The highest BCUT2D eigenvalue weighted by Crippen LogP contribution is 2.39. The van der Waals surface area contributed by atoms with Gasteiger partial charge in [-0.2, -0.15) is 5.26 Å². The van der Waals surface area contributed by atoms with Crippen molar-refractivity contribution in [2.45, 2.75) is 51.5 Å². The minimum atomic E-state index is 0.469. The van der Waals surface area contributed by atoms with E-state index in [2.05, 4.69) is 22.5 Å². The van der Waals surface area contributed by atoms with Crippen molar-refractivity contribution in [1.82, 2.24) is 4.57 Å². The van der Waals surface area contributed by atoms with Crippen LogP contribution in [0, 0.1) is 17.2 Å². The third-order valence-electron chi connectivity index (χ3n) is 4.93. The highest BCUT2D eigenvalue weighted by atomic mass is 15.3. The van der Waals surface area contributed by atoms with Gasteiger partial charge in [0.1, 0.15) is 17.6 Å². The van der Waals surface area contributed by atoms with E-state index >= 15 is 0 Å². The molecular weight excluding hydrogens is 248 g/mol. The van der Waals surface area contributed by atoms with Crippen LogP contribution in [-0.2, 0) is 0 Å². The number of rotatable bonds is 2. The van der Waals surface area contributed by atoms with Gasteiger partial charge in [-0.05, 0) is 37.7 Å². The van der Waals surface area contributed by atoms with Crippen LogP contribution in [0.5, 0.6) is 0 Å². The Bertz CT molecular complexity index is 511. The molecule has 0 aromatic carbocycles. The average molecular weight is 272 g/mol. The van der Waals surface area contributed by atoms with Gasteiger partial charge < -0.3 is 15.2 Å². The fourth-order valence-corrected chi connectivity index (χ4v) is 3.71. The molecular formula is C16H24N4. The molecule has 4 heteroatoms. The molecule has 0 bridgehead atoms. The molecule has 4 nitrogen and oxygen atoms in total. The lowest BCUT2D eigenvalue weighted by molar-refractivity contribution is 0.426. The maximum atomic E-state index is 9.41. The molecule has 20 heavy (non-hydrogen) atoms. The van der Waals surface area contributed by atoms with Crippen molar-refractivity contribution in [3.05, 3.63) is 11.8 Å². The summed E-state index contributed by atoms with van der Waals surface area (Å²) in [6.45, 7) is 4.44. The molecule has 2 heterocycles. The van der Waals surface area contributed by atoms with Crippen LogP contribution in [0.4, 0.5) is 11.5 Å². The van der Waals surface area contributed by atoms with Gasteiger partial charge in [0, 0.05) is 19.1 Å². The standard InChI is InChI=1S/C16H24N4/c1-12-6-8-19(9-7-12)16-15(18)10-14(11-17)20(16)13-4-2-3-5-13/h10,12-13H,2-9,18H2,1H3. The van der Waals surface area contributed by atoms with Crippen LogP contribution >= 0.6 is 0 Å². The first kappa shape index (κ1) is 13.4. The summed E-state index contributed by atoms with van der Waals surface area (Å²) in [5, 5.41) is 9.41. The molecule has 0 amide bonds. The van der Waals surface area contributed by atoms with Crippen molar-refractivity contribution in [3.8, 4) is 6.07 Å². The number of piperidine rings is 1. The molecule has 1 saturated heterocycles. The normalized spacial score (nSPS) is 21.3. The van der Waals surface area contributed by atoms with Crippen LogP contribution in [-0.4, -0.2) is 17.7 Å². The van der Waals surface area contributed by atoms with Crippen molar-refractivity contribution in [2.24, 2.45) is 5.92 Å². The molecule has 3 rings (SSSR count). The van der Waals surface area contributed by atoms with Crippen molar-refractivity contribution in [3.63, 3.8) is 0 Å². The molecule has 1 aliphatic heterocycles. The second kappa shape index (κ2) is 5.40. The maximum Gasteiger partial charge on any atom is 0.133 e. The zero-order valence-electron chi connectivity index (χ0n) is 12.3. The summed E-state index contributed by atoms with van der Waals surface area (Å²) >= 11 is 0. The van der Waals surface area contributed by atoms with E-state index in [9.17, 15) is 5.26 Å². The molecule has 0 radical (unpaired) electrons. The first-order chi connectivity index (χ1) is 9.70. The van der Waals surface area contributed by atoms with Crippen molar-refractivity contribution >= 4 is 11.5 Å². The van der Waals surface area contributed by atoms with Crippen molar-refractivity contribution < 1.29 is 0 Å². The van der Waals surface area contributed by atoms with Gasteiger partial charge in [-0.1, -0.05) is 19.8 Å². The first-order valence-electron chi connectivity index (χ1n) is 7.86. The fourth-order valence-electron chi connectivity index (χ4n) is 3.71. The van der Waals surface area contributed by atoms with Crippen LogP contribution in [0.15, 0.2) is 6.07 Å². The predicted molar refractivity (Wildman–Crippen MR) is 81.7 cm³/mol. The highest BCUT2D eigenvalue weighted by Gasteiger charge is 2.28. The number of hydrogen-bond donors (Lipinski definition) is 1. The van der Waals surface area contributed by atoms with Crippen LogP contribution in [0.3, 0.4) is 0 Å². The highest BCUT2D eigenvalue weighted by molar-refractivity contribution is 5.68. The second-order valence-electron chi connectivity index (χ2n) is 6.40. The summed E-state index contributed by atoms with van der Waals surface area (Å²) in [4.78, 5) is 2.40. The summed E-state index contributed by atoms with van der Waals surface area (Å²) in [6, 6.07) is 4.67. The fraction of sp³-hybridized carbons (Fsp3) is 0.688. The summed E-state index contributed by atoms with van der Waals surface area (Å²) in [6.07, 6.45) is 7.34. The number of hydrogen-bond acceptors (Lipinski definition) is 3. The number of nitrogens with two attached hydrogens (primary N) is 1. The zero-order chi connectivity index (χ0) is 14.1. The third kappa shape index (κ3) is 2.26. The minimum Gasteiger partial charge on any atom is -0.396 e. The Kier molecular flexibility index (Phi) is 3.60. The van der Waals surface area contributed by atoms with E-state index < -0.39 is 0 Å². The van der Waals surface area contributed by atoms with Crippen molar-refractivity contribution in [1.29, 1.82) is 5.26 Å². The largest absolute Gasteiger partial charge is 0.396 e. The maximum absolute atomic E-state index is 9.41. The van der Waals surface area contributed by atoms with Gasteiger partial charge in [0.15, 0.2) is 0 Å². The van der Waals surface area contributed by atoms with Crippen molar-refractivity contribution in [2.75, 3.05) is 23.7 Å². The monoisotopic (exact) mass is 272 g/mol. The lowest BCUT2D eigenvalue weighted by Crippen LogP contribution is -2.35. The predicted octanol–water partition coefficient (Wildman–Crippen LogP) is 3.29. The first-order valence-corrected chi connectivity index (χ1v) is 7.86. The molecule has 0 atom stereocenters. The third-order valence-corrected chi connectivity index (χ3v) is 4.93. The summed E-state index contributed by atoms with van der Waals surface area (Å²) < 4.78 is 2.23. The number of nitrogens with zero attached hydrogens (tertiary/aromatic N) is 3. The molecule has 108 valence electrons. The van der Waals surface area contributed by atoms with Crippen LogP contribution in [0.2, 0.25) is 0 Å².